The number of hydrogen-bond donors (Lipinski definition) is 0. The molecule has 1 saturated carbocycles. The molecule has 5 rings (SSSR count). The van der Waals surface area contributed by atoms with Crippen molar-refractivity contribution in [2.45, 2.75) is 70.7 Å². The molecule has 0 spiro atoms. The Morgan fingerprint density at radius 3 is 2.39 bits per heavy atom. The number of aryl methyl sites for hydroxylation is 1. The van der Waals surface area contributed by atoms with Crippen LogP contribution in [0.2, 0.25) is 0 Å². The van der Waals surface area contributed by atoms with E-state index in [0.29, 0.717) is 36.5 Å². The van der Waals surface area contributed by atoms with Crippen molar-refractivity contribution in [3.05, 3.63) is 64.2 Å². The van der Waals surface area contributed by atoms with E-state index in [-0.39, 0.29) is 35.5 Å². The Labute approximate surface area is 234 Å². The Kier molecular flexibility index (Phi) is 8.83. The Bertz CT molecular complexity index is 1040. The van der Waals surface area contributed by atoms with Crippen molar-refractivity contribution in [2.24, 2.45) is 17.8 Å². The quantitative estimate of drug-likeness (QED) is 0.562. The molecule has 2 aliphatic heterocycles. The average molecular weight is 510 g/mol. The molecule has 1 aliphatic carbocycles. The average Bonchev–Trinajstić information content (AvgIpc) is 3.63. The molecule has 1 saturated heterocycles. The maximum atomic E-state index is 13.5. The smallest absolute Gasteiger partial charge is 0.852 e. The maximum Gasteiger partial charge on any atom is 1.00 e. The third-order valence-electron chi connectivity index (χ3n) is 8.30. The molecule has 0 N–H and O–H groups in total. The zero-order valence-corrected chi connectivity index (χ0v) is 23.6. The number of alkyl halides is 3. The van der Waals surface area contributed by atoms with Gasteiger partial charge in [0.05, 0.1) is 12.2 Å². The van der Waals surface area contributed by atoms with Gasteiger partial charge in [-0.25, -0.2) is 0 Å². The fourth-order valence-electron chi connectivity index (χ4n) is 6.28. The van der Waals surface area contributed by atoms with Crippen molar-refractivity contribution < 1.29 is 52.6 Å². The van der Waals surface area contributed by atoms with Crippen LogP contribution < -0.4 is 39.4 Å². The Morgan fingerprint density at radius 2 is 1.75 bits per heavy atom. The number of benzene rings is 2. The predicted octanol–water partition coefficient (Wildman–Crippen LogP) is 2.72. The molecule has 36 heavy (non-hydrogen) atoms. The SMILES string of the molecule is Cc1ccc(C(F)(F)F)c(CN2CCC(C3COc4ccc([C@H](C5CC5)[C@H](C)[O-])cc4C3)CC2)c1.[Na+]. The van der Waals surface area contributed by atoms with Gasteiger partial charge in [0.2, 0.25) is 0 Å². The molecule has 3 nitrogen and oxygen atoms in total. The molecule has 1 unspecified atom stereocenters. The molecule has 3 aliphatic rings. The Morgan fingerprint density at radius 1 is 1.03 bits per heavy atom. The van der Waals surface area contributed by atoms with Gasteiger partial charge in [-0.3, -0.25) is 4.90 Å². The minimum absolute atomic E-state index is 0. The minimum atomic E-state index is -4.32. The molecule has 3 atom stereocenters. The standard InChI is InChI=1S/C29H35F3NO2.Na/c1-18-3-7-26(29(30,31)32)24(13-18)16-33-11-9-20(10-12-33)25-15-23-14-22(6-8-27(23)35-17-25)28(19(2)34)21-4-5-21;/h3,6-8,13-14,19-21,25,28H,4-5,9-12,15-17H2,1-2H3;/q-1;+1/t19-,25?,28-;/m0./s1. The first-order valence-corrected chi connectivity index (χ1v) is 13.0. The summed E-state index contributed by atoms with van der Waals surface area (Å²) in [5, 5.41) is 12.3. The molecule has 0 radical (unpaired) electrons. The number of rotatable bonds is 6. The van der Waals surface area contributed by atoms with Gasteiger partial charge < -0.3 is 9.84 Å². The van der Waals surface area contributed by atoms with Crippen molar-refractivity contribution in [3.63, 3.8) is 0 Å². The summed E-state index contributed by atoms with van der Waals surface area (Å²) in [7, 11) is 0. The van der Waals surface area contributed by atoms with Gasteiger partial charge in [0, 0.05) is 12.5 Å². The number of piperidine rings is 1. The first-order chi connectivity index (χ1) is 16.7. The summed E-state index contributed by atoms with van der Waals surface area (Å²) < 4.78 is 46.6. The van der Waals surface area contributed by atoms with E-state index in [1.165, 1.54) is 17.7 Å². The molecule has 0 amide bonds. The van der Waals surface area contributed by atoms with Gasteiger partial charge >= 0.3 is 35.7 Å². The third-order valence-corrected chi connectivity index (χ3v) is 8.30. The van der Waals surface area contributed by atoms with Gasteiger partial charge in [0.25, 0.3) is 0 Å². The summed E-state index contributed by atoms with van der Waals surface area (Å²) in [5.74, 6) is 2.47. The second kappa shape index (κ2) is 11.4. The van der Waals surface area contributed by atoms with Crippen molar-refractivity contribution in [2.75, 3.05) is 19.7 Å². The zero-order chi connectivity index (χ0) is 24.7. The van der Waals surface area contributed by atoms with Gasteiger partial charge in [-0.05, 0) is 98.7 Å². The zero-order valence-electron chi connectivity index (χ0n) is 21.6. The largest absolute Gasteiger partial charge is 1.00 e. The van der Waals surface area contributed by atoms with Crippen LogP contribution in [0.4, 0.5) is 13.2 Å². The van der Waals surface area contributed by atoms with Crippen molar-refractivity contribution in [1.29, 1.82) is 0 Å². The molecule has 7 heteroatoms. The molecular formula is C29H35F3NNaO2. The molecule has 0 bridgehead atoms. The predicted molar refractivity (Wildman–Crippen MR) is 128 cm³/mol. The molecule has 2 fully saturated rings. The second-order valence-corrected chi connectivity index (χ2v) is 11.0. The number of fused-ring (bicyclic) bond motifs is 1. The fourth-order valence-corrected chi connectivity index (χ4v) is 6.28. The molecule has 2 heterocycles. The Hall–Kier alpha value is -1.05. The number of halogens is 3. The van der Waals surface area contributed by atoms with E-state index in [9.17, 15) is 18.3 Å². The van der Waals surface area contributed by atoms with Crippen molar-refractivity contribution >= 4 is 0 Å². The summed E-state index contributed by atoms with van der Waals surface area (Å²) in [6, 6.07) is 10.8. The molecule has 190 valence electrons. The van der Waals surface area contributed by atoms with Crippen LogP contribution in [0.1, 0.15) is 66.3 Å². The van der Waals surface area contributed by atoms with Crippen molar-refractivity contribution in [1.82, 2.24) is 4.90 Å². The number of likely N-dealkylation sites (tertiary alicyclic amines) is 1. The molecular weight excluding hydrogens is 474 g/mol. The van der Waals surface area contributed by atoms with Crippen LogP contribution in [0, 0.1) is 24.7 Å². The van der Waals surface area contributed by atoms with Gasteiger partial charge in [-0.1, -0.05) is 36.8 Å². The normalized spacial score (nSPS) is 22.8. The minimum Gasteiger partial charge on any atom is -0.852 e. The van der Waals surface area contributed by atoms with Crippen molar-refractivity contribution in [3.8, 4) is 5.75 Å². The summed E-state index contributed by atoms with van der Waals surface area (Å²) in [6.07, 6.45) is 0.274. The van der Waals surface area contributed by atoms with Gasteiger partial charge in [0.15, 0.2) is 0 Å². The van der Waals surface area contributed by atoms with Crippen LogP contribution in [0.3, 0.4) is 0 Å². The summed E-state index contributed by atoms with van der Waals surface area (Å²) in [5.41, 5.74) is 3.08. The molecule has 2 aromatic rings. The van der Waals surface area contributed by atoms with Crippen LogP contribution in [0.5, 0.6) is 5.75 Å². The third kappa shape index (κ3) is 6.32. The summed E-state index contributed by atoms with van der Waals surface area (Å²) in [4.78, 5) is 2.16. The van der Waals surface area contributed by atoms with E-state index in [1.54, 1.807) is 13.0 Å². The second-order valence-electron chi connectivity index (χ2n) is 11.0. The number of nitrogens with zero attached hydrogens (tertiary/aromatic N) is 1. The van der Waals surface area contributed by atoms with E-state index in [2.05, 4.69) is 17.0 Å². The van der Waals surface area contributed by atoms with Crippen LogP contribution in [-0.4, -0.2) is 30.7 Å². The van der Waals surface area contributed by atoms with Gasteiger partial charge in [-0.2, -0.15) is 13.2 Å². The van der Waals surface area contributed by atoms with Crippen LogP contribution in [-0.2, 0) is 19.1 Å². The van der Waals surface area contributed by atoms with E-state index < -0.39 is 17.8 Å². The van der Waals surface area contributed by atoms with Crippen LogP contribution in [0.25, 0.3) is 0 Å². The van der Waals surface area contributed by atoms with E-state index in [1.807, 2.05) is 13.0 Å². The maximum absolute atomic E-state index is 13.5. The monoisotopic (exact) mass is 509 g/mol. The first kappa shape index (κ1) is 28.0. The Balaban J connectivity index is 0.00000304. The van der Waals surface area contributed by atoms with Gasteiger partial charge in [0.1, 0.15) is 5.75 Å². The first-order valence-electron chi connectivity index (χ1n) is 13.0. The topological polar surface area (TPSA) is 35.5 Å². The number of hydrogen-bond acceptors (Lipinski definition) is 3. The number of ether oxygens (including phenoxy) is 1. The molecule has 0 aromatic heterocycles. The van der Waals surface area contributed by atoms with E-state index >= 15 is 0 Å². The molecule has 2 aromatic carbocycles. The van der Waals surface area contributed by atoms with Crippen LogP contribution in [0.15, 0.2) is 36.4 Å². The van der Waals surface area contributed by atoms with Gasteiger partial charge in [-0.15, -0.1) is 6.10 Å². The fraction of sp³-hybridized carbons (Fsp3) is 0.586. The van der Waals surface area contributed by atoms with E-state index in [4.69, 9.17) is 4.74 Å². The van der Waals surface area contributed by atoms with Crippen LogP contribution >= 0.6 is 0 Å². The summed E-state index contributed by atoms with van der Waals surface area (Å²) >= 11 is 0. The van der Waals surface area contributed by atoms with E-state index in [0.717, 1.165) is 62.1 Å². The summed E-state index contributed by atoms with van der Waals surface area (Å²) in [6.45, 7) is 6.26.